The summed E-state index contributed by atoms with van der Waals surface area (Å²) in [5.74, 6) is 0. The minimum absolute atomic E-state index is 0.0551. The van der Waals surface area contributed by atoms with Gasteiger partial charge in [-0.3, -0.25) is 15.0 Å². The third-order valence-electron chi connectivity index (χ3n) is 2.26. The molecule has 0 amide bonds. The second kappa shape index (κ2) is 5.07. The van der Waals surface area contributed by atoms with E-state index in [1.807, 2.05) is 0 Å². The van der Waals surface area contributed by atoms with Crippen molar-refractivity contribution >= 4 is 11.4 Å². The van der Waals surface area contributed by atoms with Gasteiger partial charge in [-0.05, 0) is 13.0 Å². The fourth-order valence-electron chi connectivity index (χ4n) is 1.32. The number of hydrogen-bond donors (Lipinski definition) is 0. The quantitative estimate of drug-likeness (QED) is 0.735. The highest BCUT2D eigenvalue weighted by Crippen LogP contribution is 2.22. The highest BCUT2D eigenvalue weighted by Gasteiger charge is 2.36. The van der Waals surface area contributed by atoms with E-state index in [-0.39, 0.29) is 5.56 Å². The van der Waals surface area contributed by atoms with Gasteiger partial charge in [-0.15, -0.1) is 0 Å². The summed E-state index contributed by atoms with van der Waals surface area (Å²) in [6, 6.07) is 1.38. The number of halogens is 3. The third kappa shape index (κ3) is 3.12. The van der Waals surface area contributed by atoms with Crippen LogP contribution < -0.4 is 0 Å². The van der Waals surface area contributed by atoms with Gasteiger partial charge in [-0.25, -0.2) is 0 Å². The Bertz CT molecular complexity index is 461. The van der Waals surface area contributed by atoms with Gasteiger partial charge in [0.05, 0.1) is 0 Å². The van der Waals surface area contributed by atoms with Crippen molar-refractivity contribution in [1.82, 2.24) is 4.98 Å². The van der Waals surface area contributed by atoms with Gasteiger partial charge in [0.25, 0.3) is 0 Å². The Morgan fingerprint density at radius 2 is 1.71 bits per heavy atom. The molecule has 0 saturated carbocycles. The van der Waals surface area contributed by atoms with Crippen molar-refractivity contribution in [2.45, 2.75) is 13.1 Å². The number of pyridine rings is 1. The minimum atomic E-state index is -4.48. The smallest absolute Gasteiger partial charge is 0.293 e. The second-order valence-electron chi connectivity index (χ2n) is 3.34. The molecule has 0 N–H and O–H groups in total. The first-order chi connectivity index (χ1) is 7.90. The van der Waals surface area contributed by atoms with Crippen LogP contribution in [0.15, 0.2) is 28.4 Å². The van der Waals surface area contributed by atoms with Crippen molar-refractivity contribution in [2.24, 2.45) is 9.98 Å². The highest BCUT2D eigenvalue weighted by atomic mass is 19.4. The fraction of sp³-hybridized carbons (Fsp3) is 0.364. The summed E-state index contributed by atoms with van der Waals surface area (Å²) < 4.78 is 37.9. The lowest BCUT2D eigenvalue weighted by Gasteiger charge is -2.10. The molecule has 0 radical (unpaired) electrons. The molecule has 0 aromatic carbocycles. The highest BCUT2D eigenvalue weighted by molar-refractivity contribution is 6.06. The SMILES string of the molecule is CN=C(C)c1cncc(C(=NC)C(F)(F)F)c1. The van der Waals surface area contributed by atoms with Crippen LogP contribution in [-0.4, -0.2) is 36.7 Å². The van der Waals surface area contributed by atoms with Gasteiger partial charge < -0.3 is 0 Å². The van der Waals surface area contributed by atoms with Crippen LogP contribution in [0.1, 0.15) is 18.1 Å². The van der Waals surface area contributed by atoms with E-state index in [0.29, 0.717) is 11.3 Å². The van der Waals surface area contributed by atoms with Gasteiger partial charge in [0.15, 0.2) is 0 Å². The maximum absolute atomic E-state index is 12.6. The minimum Gasteiger partial charge on any atom is -0.293 e. The van der Waals surface area contributed by atoms with E-state index in [4.69, 9.17) is 0 Å². The number of aliphatic imine (C=N–C) groups is 2. The lowest BCUT2D eigenvalue weighted by atomic mass is 10.1. The molecule has 0 unspecified atom stereocenters. The Kier molecular flexibility index (Phi) is 3.98. The molecule has 92 valence electrons. The number of aromatic nitrogens is 1. The summed E-state index contributed by atoms with van der Waals surface area (Å²) in [6.45, 7) is 1.71. The topological polar surface area (TPSA) is 37.6 Å². The molecule has 0 saturated heterocycles. The van der Waals surface area contributed by atoms with Crippen LogP contribution in [0.2, 0.25) is 0 Å². The summed E-state index contributed by atoms with van der Waals surface area (Å²) >= 11 is 0. The molecule has 17 heavy (non-hydrogen) atoms. The lowest BCUT2D eigenvalue weighted by molar-refractivity contribution is -0.0581. The first kappa shape index (κ1) is 13.3. The zero-order valence-corrected chi connectivity index (χ0v) is 9.71. The largest absolute Gasteiger partial charge is 0.433 e. The molecule has 0 aliphatic rings. The van der Waals surface area contributed by atoms with Gasteiger partial charge in [-0.2, -0.15) is 13.2 Å². The maximum atomic E-state index is 12.6. The summed E-state index contributed by atoms with van der Waals surface area (Å²) in [6.07, 6.45) is -1.87. The predicted molar refractivity (Wildman–Crippen MR) is 60.9 cm³/mol. The summed E-state index contributed by atoms with van der Waals surface area (Å²) in [5.41, 5.74) is 0.184. The first-order valence-corrected chi connectivity index (χ1v) is 4.83. The zero-order valence-electron chi connectivity index (χ0n) is 9.71. The zero-order chi connectivity index (χ0) is 13.1. The summed E-state index contributed by atoms with van der Waals surface area (Å²) in [5, 5.41) is 0. The van der Waals surface area contributed by atoms with Gasteiger partial charge in [0.1, 0.15) is 5.71 Å². The number of nitrogens with zero attached hydrogens (tertiary/aromatic N) is 3. The van der Waals surface area contributed by atoms with Gasteiger partial charge in [-0.1, -0.05) is 0 Å². The molecule has 0 spiro atoms. The van der Waals surface area contributed by atoms with Crippen molar-refractivity contribution in [3.8, 4) is 0 Å². The Balaban J connectivity index is 3.25. The molecule has 0 atom stereocenters. The molecule has 1 aromatic rings. The number of alkyl halides is 3. The molecule has 0 aliphatic heterocycles. The van der Waals surface area contributed by atoms with E-state index in [1.165, 1.54) is 12.3 Å². The van der Waals surface area contributed by atoms with Crippen LogP contribution in [0, 0.1) is 0 Å². The number of rotatable bonds is 2. The van der Waals surface area contributed by atoms with Gasteiger partial charge >= 0.3 is 6.18 Å². The van der Waals surface area contributed by atoms with E-state index in [2.05, 4.69) is 15.0 Å². The molecular formula is C11H12F3N3. The van der Waals surface area contributed by atoms with Crippen LogP contribution in [0.25, 0.3) is 0 Å². The van der Waals surface area contributed by atoms with Crippen LogP contribution in [0.5, 0.6) is 0 Å². The maximum Gasteiger partial charge on any atom is 0.433 e. The van der Waals surface area contributed by atoms with E-state index in [9.17, 15) is 13.2 Å². The third-order valence-corrected chi connectivity index (χ3v) is 2.26. The Hall–Kier alpha value is -1.72. The molecule has 0 aliphatic carbocycles. The molecule has 0 bridgehead atoms. The van der Waals surface area contributed by atoms with E-state index < -0.39 is 11.9 Å². The molecule has 1 aromatic heterocycles. The molecular weight excluding hydrogens is 231 g/mol. The fourth-order valence-corrected chi connectivity index (χ4v) is 1.32. The average Bonchev–Trinajstić information content (AvgIpc) is 2.27. The standard InChI is InChI=1S/C11H12F3N3/c1-7(15-2)8-4-9(6-17-5-8)10(16-3)11(12,13)14/h4-6H,1-3H3. The molecule has 1 heterocycles. The van der Waals surface area contributed by atoms with Crippen molar-refractivity contribution in [2.75, 3.05) is 14.1 Å². The molecule has 0 fully saturated rings. The Morgan fingerprint density at radius 1 is 1.12 bits per heavy atom. The molecule has 1 rings (SSSR count). The predicted octanol–water partition coefficient (Wildman–Crippen LogP) is 2.50. The summed E-state index contributed by atoms with van der Waals surface area (Å²) in [7, 11) is 2.68. The van der Waals surface area contributed by atoms with Crippen LogP contribution in [0.4, 0.5) is 13.2 Å². The van der Waals surface area contributed by atoms with E-state index in [1.54, 1.807) is 14.0 Å². The van der Waals surface area contributed by atoms with Crippen LogP contribution in [-0.2, 0) is 0 Å². The van der Waals surface area contributed by atoms with Crippen molar-refractivity contribution in [3.05, 3.63) is 29.6 Å². The van der Waals surface area contributed by atoms with Gasteiger partial charge in [0.2, 0.25) is 0 Å². The van der Waals surface area contributed by atoms with Crippen molar-refractivity contribution < 1.29 is 13.2 Å². The van der Waals surface area contributed by atoms with E-state index in [0.717, 1.165) is 13.2 Å². The lowest BCUT2D eigenvalue weighted by Crippen LogP contribution is -2.24. The Labute approximate surface area is 97.1 Å². The Morgan fingerprint density at radius 3 is 2.18 bits per heavy atom. The summed E-state index contributed by atoms with van der Waals surface area (Å²) in [4.78, 5) is 10.9. The molecule has 3 nitrogen and oxygen atoms in total. The molecule has 6 heteroatoms. The van der Waals surface area contributed by atoms with Gasteiger partial charge in [0, 0.05) is 43.3 Å². The van der Waals surface area contributed by atoms with Crippen molar-refractivity contribution in [1.29, 1.82) is 0 Å². The second-order valence-corrected chi connectivity index (χ2v) is 3.34. The normalized spacial score (nSPS) is 14.0. The van der Waals surface area contributed by atoms with E-state index >= 15 is 0 Å². The first-order valence-electron chi connectivity index (χ1n) is 4.83. The van der Waals surface area contributed by atoms with Crippen LogP contribution >= 0.6 is 0 Å². The average molecular weight is 243 g/mol. The monoisotopic (exact) mass is 243 g/mol. The number of hydrogen-bond acceptors (Lipinski definition) is 3. The van der Waals surface area contributed by atoms with Crippen molar-refractivity contribution in [3.63, 3.8) is 0 Å². The van der Waals surface area contributed by atoms with Crippen LogP contribution in [0.3, 0.4) is 0 Å².